The molecule has 7 heteroatoms. The molecule has 0 aliphatic carbocycles. The maximum Gasteiger partial charge on any atom is 0.260 e. The van der Waals surface area contributed by atoms with Gasteiger partial charge in [-0.05, 0) is 42.8 Å². The van der Waals surface area contributed by atoms with Crippen molar-refractivity contribution >= 4 is 17.5 Å². The van der Waals surface area contributed by atoms with Gasteiger partial charge in [0.25, 0.3) is 5.91 Å². The number of rotatable bonds is 8. The van der Waals surface area contributed by atoms with Crippen LogP contribution in [0.2, 0.25) is 0 Å². The van der Waals surface area contributed by atoms with Crippen molar-refractivity contribution in [2.24, 2.45) is 0 Å². The first-order chi connectivity index (χ1) is 13.5. The number of hydrogen-bond donors (Lipinski definition) is 0. The SMILES string of the molecule is CN(CCOc1ccc(F)cc1)C(=O)COc1cccc(N2CCCC2=O)c1. The third kappa shape index (κ3) is 5.22. The lowest BCUT2D eigenvalue weighted by molar-refractivity contribution is -0.132. The highest BCUT2D eigenvalue weighted by atomic mass is 19.1. The Balaban J connectivity index is 1.44. The number of carbonyl (C=O) groups is 2. The van der Waals surface area contributed by atoms with Crippen LogP contribution in [0.4, 0.5) is 10.1 Å². The number of anilines is 1. The quantitative estimate of drug-likeness (QED) is 0.700. The van der Waals surface area contributed by atoms with Crippen molar-refractivity contribution < 1.29 is 23.5 Å². The third-order valence-electron chi connectivity index (χ3n) is 4.50. The summed E-state index contributed by atoms with van der Waals surface area (Å²) in [6.45, 7) is 1.27. The summed E-state index contributed by atoms with van der Waals surface area (Å²) in [6, 6.07) is 12.9. The molecule has 2 aromatic carbocycles. The molecule has 0 spiro atoms. The zero-order valence-corrected chi connectivity index (χ0v) is 15.8. The van der Waals surface area contributed by atoms with Gasteiger partial charge in [-0.15, -0.1) is 0 Å². The van der Waals surface area contributed by atoms with E-state index < -0.39 is 0 Å². The van der Waals surface area contributed by atoms with Crippen LogP contribution in [0.1, 0.15) is 12.8 Å². The second-order valence-corrected chi connectivity index (χ2v) is 6.55. The highest BCUT2D eigenvalue weighted by Gasteiger charge is 2.22. The van der Waals surface area contributed by atoms with E-state index in [0.29, 0.717) is 37.6 Å². The van der Waals surface area contributed by atoms with Gasteiger partial charge in [0.1, 0.15) is 23.9 Å². The molecule has 0 unspecified atom stereocenters. The first-order valence-corrected chi connectivity index (χ1v) is 9.18. The van der Waals surface area contributed by atoms with E-state index in [1.807, 2.05) is 6.07 Å². The van der Waals surface area contributed by atoms with Gasteiger partial charge in [0, 0.05) is 31.8 Å². The maximum atomic E-state index is 12.9. The maximum absolute atomic E-state index is 12.9. The molecular weight excluding hydrogens is 363 g/mol. The summed E-state index contributed by atoms with van der Waals surface area (Å²) in [6.07, 6.45) is 1.42. The van der Waals surface area contributed by atoms with Gasteiger partial charge in [-0.1, -0.05) is 6.07 Å². The van der Waals surface area contributed by atoms with Crippen molar-refractivity contribution in [2.75, 3.05) is 38.3 Å². The summed E-state index contributed by atoms with van der Waals surface area (Å²) in [5, 5.41) is 0. The topological polar surface area (TPSA) is 59.1 Å². The molecule has 1 fully saturated rings. The lowest BCUT2D eigenvalue weighted by Gasteiger charge is -2.19. The molecule has 1 heterocycles. The molecule has 2 aromatic rings. The molecule has 0 saturated carbocycles. The highest BCUT2D eigenvalue weighted by molar-refractivity contribution is 5.95. The molecule has 1 aliphatic heterocycles. The summed E-state index contributed by atoms with van der Waals surface area (Å²) < 4.78 is 23.9. The van der Waals surface area contributed by atoms with Crippen molar-refractivity contribution in [3.05, 3.63) is 54.3 Å². The zero-order valence-electron chi connectivity index (χ0n) is 15.8. The Bertz CT molecular complexity index is 825. The molecule has 0 aromatic heterocycles. The van der Waals surface area contributed by atoms with E-state index in [4.69, 9.17) is 9.47 Å². The van der Waals surface area contributed by atoms with Crippen molar-refractivity contribution in [1.82, 2.24) is 4.90 Å². The van der Waals surface area contributed by atoms with Crippen LogP contribution in [0.25, 0.3) is 0 Å². The minimum absolute atomic E-state index is 0.106. The number of benzene rings is 2. The molecule has 0 bridgehead atoms. The number of amides is 2. The predicted molar refractivity (Wildman–Crippen MR) is 103 cm³/mol. The van der Waals surface area contributed by atoms with E-state index in [-0.39, 0.29) is 24.2 Å². The van der Waals surface area contributed by atoms with Crippen LogP contribution in [-0.4, -0.2) is 50.1 Å². The van der Waals surface area contributed by atoms with Crippen LogP contribution in [0.5, 0.6) is 11.5 Å². The molecule has 0 radical (unpaired) electrons. The van der Waals surface area contributed by atoms with Crippen LogP contribution in [0.3, 0.4) is 0 Å². The largest absolute Gasteiger partial charge is 0.492 e. The van der Waals surface area contributed by atoms with Crippen molar-refractivity contribution in [3.8, 4) is 11.5 Å². The highest BCUT2D eigenvalue weighted by Crippen LogP contribution is 2.25. The van der Waals surface area contributed by atoms with E-state index >= 15 is 0 Å². The van der Waals surface area contributed by atoms with Gasteiger partial charge >= 0.3 is 0 Å². The molecule has 3 rings (SSSR count). The van der Waals surface area contributed by atoms with Crippen LogP contribution in [0.15, 0.2) is 48.5 Å². The average Bonchev–Trinajstić information content (AvgIpc) is 3.13. The second-order valence-electron chi connectivity index (χ2n) is 6.55. The number of hydrogen-bond acceptors (Lipinski definition) is 4. The summed E-state index contributed by atoms with van der Waals surface area (Å²) in [5.74, 6) is 0.683. The van der Waals surface area contributed by atoms with Gasteiger partial charge in [-0.25, -0.2) is 4.39 Å². The van der Waals surface area contributed by atoms with Crippen molar-refractivity contribution in [1.29, 1.82) is 0 Å². The number of ether oxygens (including phenoxy) is 2. The summed E-state index contributed by atoms with van der Waals surface area (Å²) in [7, 11) is 1.67. The Morgan fingerprint density at radius 3 is 2.64 bits per heavy atom. The fraction of sp³-hybridized carbons (Fsp3) is 0.333. The van der Waals surface area contributed by atoms with Crippen LogP contribution >= 0.6 is 0 Å². The Labute approximate surface area is 163 Å². The van der Waals surface area contributed by atoms with E-state index in [1.54, 1.807) is 42.3 Å². The Kier molecular flexibility index (Phi) is 6.47. The third-order valence-corrected chi connectivity index (χ3v) is 4.50. The normalized spacial score (nSPS) is 13.5. The minimum atomic E-state index is -0.324. The van der Waals surface area contributed by atoms with Crippen LogP contribution in [0, 0.1) is 5.82 Å². The molecule has 1 saturated heterocycles. The van der Waals surface area contributed by atoms with Crippen LogP contribution in [-0.2, 0) is 9.59 Å². The van der Waals surface area contributed by atoms with Crippen LogP contribution < -0.4 is 14.4 Å². The van der Waals surface area contributed by atoms with E-state index in [9.17, 15) is 14.0 Å². The lowest BCUT2D eigenvalue weighted by Crippen LogP contribution is -2.34. The Morgan fingerprint density at radius 1 is 1.14 bits per heavy atom. The molecule has 28 heavy (non-hydrogen) atoms. The lowest BCUT2D eigenvalue weighted by atomic mass is 10.3. The smallest absolute Gasteiger partial charge is 0.260 e. The summed E-state index contributed by atoms with van der Waals surface area (Å²) in [5.41, 5.74) is 0.786. The summed E-state index contributed by atoms with van der Waals surface area (Å²) in [4.78, 5) is 27.3. The van der Waals surface area contributed by atoms with Gasteiger partial charge in [-0.3, -0.25) is 9.59 Å². The number of carbonyl (C=O) groups excluding carboxylic acids is 2. The zero-order chi connectivity index (χ0) is 19.9. The van der Waals surface area contributed by atoms with Gasteiger partial charge in [0.15, 0.2) is 6.61 Å². The first-order valence-electron chi connectivity index (χ1n) is 9.18. The van der Waals surface area contributed by atoms with Crippen molar-refractivity contribution in [2.45, 2.75) is 12.8 Å². The molecule has 0 N–H and O–H groups in total. The Morgan fingerprint density at radius 2 is 1.93 bits per heavy atom. The first kappa shape index (κ1) is 19.7. The Hall–Kier alpha value is -3.09. The summed E-state index contributed by atoms with van der Waals surface area (Å²) >= 11 is 0. The number of halogens is 1. The molecule has 6 nitrogen and oxygen atoms in total. The second kappa shape index (κ2) is 9.21. The van der Waals surface area contributed by atoms with E-state index in [1.165, 1.54) is 17.0 Å². The standard InChI is InChI=1S/C21H23FN2O4/c1-23(12-13-27-18-9-7-16(22)8-10-18)21(26)15-28-19-5-2-4-17(14-19)24-11-3-6-20(24)25/h2,4-5,7-10,14H,3,6,11-13,15H2,1H3. The fourth-order valence-corrected chi connectivity index (χ4v) is 2.87. The van der Waals surface area contributed by atoms with Gasteiger partial charge < -0.3 is 19.3 Å². The predicted octanol–water partition coefficient (Wildman–Crippen LogP) is 2.87. The number of likely N-dealkylation sites (N-methyl/N-ethyl adjacent to an activating group) is 1. The monoisotopic (exact) mass is 386 g/mol. The molecular formula is C21H23FN2O4. The van der Waals surface area contributed by atoms with E-state index in [0.717, 1.165) is 12.1 Å². The van der Waals surface area contributed by atoms with Gasteiger partial charge in [0.05, 0.1) is 6.54 Å². The van der Waals surface area contributed by atoms with Gasteiger partial charge in [0.2, 0.25) is 5.91 Å². The molecule has 148 valence electrons. The number of nitrogens with zero attached hydrogens (tertiary/aromatic N) is 2. The van der Waals surface area contributed by atoms with Crippen molar-refractivity contribution in [3.63, 3.8) is 0 Å². The average molecular weight is 386 g/mol. The fourth-order valence-electron chi connectivity index (χ4n) is 2.87. The molecule has 1 aliphatic rings. The molecule has 2 amide bonds. The molecule has 0 atom stereocenters. The van der Waals surface area contributed by atoms with E-state index in [2.05, 4.69) is 0 Å². The minimum Gasteiger partial charge on any atom is -0.492 e. The van der Waals surface area contributed by atoms with Gasteiger partial charge in [-0.2, -0.15) is 0 Å².